The van der Waals surface area contributed by atoms with Gasteiger partial charge in [0.2, 0.25) is 0 Å². The molecule has 1 heterocycles. The largest absolute Gasteiger partial charge is 0.312 e. The summed E-state index contributed by atoms with van der Waals surface area (Å²) >= 11 is 0. The minimum atomic E-state index is -2.80. The van der Waals surface area contributed by atoms with E-state index in [0.717, 1.165) is 6.54 Å². The summed E-state index contributed by atoms with van der Waals surface area (Å²) in [6.07, 6.45) is 3.70. The van der Waals surface area contributed by atoms with Crippen molar-refractivity contribution in [1.29, 1.82) is 0 Å². The van der Waals surface area contributed by atoms with Crippen molar-refractivity contribution in [3.63, 3.8) is 0 Å². The molecule has 4 heteroatoms. The van der Waals surface area contributed by atoms with Crippen LogP contribution < -0.4 is 5.32 Å². The van der Waals surface area contributed by atoms with Gasteiger partial charge in [-0.3, -0.25) is 0 Å². The Morgan fingerprint density at radius 3 is 2.50 bits per heavy atom. The summed E-state index contributed by atoms with van der Waals surface area (Å²) in [6, 6.07) is 0.235. The van der Waals surface area contributed by atoms with Gasteiger partial charge in [0.1, 0.15) is 0 Å². The lowest BCUT2D eigenvalue weighted by Crippen LogP contribution is -2.43. The topological polar surface area (TPSA) is 46.2 Å². The summed E-state index contributed by atoms with van der Waals surface area (Å²) in [7, 11) is -2.80. The fourth-order valence-electron chi connectivity index (χ4n) is 2.39. The monoisotopic (exact) mass is 217 g/mol. The predicted octanol–water partition coefficient (Wildman–Crippen LogP) is 0.809. The van der Waals surface area contributed by atoms with Crippen LogP contribution in [0.5, 0.6) is 0 Å². The van der Waals surface area contributed by atoms with Gasteiger partial charge in [-0.15, -0.1) is 0 Å². The van der Waals surface area contributed by atoms with Gasteiger partial charge in [0, 0.05) is 6.04 Å². The second kappa shape index (κ2) is 3.81. The van der Waals surface area contributed by atoms with Gasteiger partial charge in [0.25, 0.3) is 0 Å². The molecule has 2 rings (SSSR count). The van der Waals surface area contributed by atoms with Crippen molar-refractivity contribution in [1.82, 2.24) is 5.32 Å². The first-order valence-corrected chi connectivity index (χ1v) is 7.33. The second-order valence-corrected chi connectivity index (χ2v) is 7.04. The molecule has 0 amide bonds. The van der Waals surface area contributed by atoms with Crippen LogP contribution in [0, 0.1) is 11.8 Å². The molecular formula is C10H19NO2S. The Hall–Kier alpha value is -0.0900. The van der Waals surface area contributed by atoms with Crippen molar-refractivity contribution >= 4 is 9.84 Å². The van der Waals surface area contributed by atoms with Crippen molar-refractivity contribution in [3.8, 4) is 0 Å². The first-order chi connectivity index (χ1) is 6.57. The molecule has 0 spiro atoms. The summed E-state index contributed by atoms with van der Waals surface area (Å²) in [5.74, 6) is 1.62. The van der Waals surface area contributed by atoms with Crippen LogP contribution in [0.2, 0.25) is 0 Å². The van der Waals surface area contributed by atoms with Crippen LogP contribution in [0.1, 0.15) is 26.2 Å². The Bertz CT molecular complexity index is 295. The molecule has 2 unspecified atom stereocenters. The van der Waals surface area contributed by atoms with Crippen molar-refractivity contribution < 1.29 is 8.42 Å². The lowest BCUT2D eigenvalue weighted by molar-refractivity contribution is 0.241. The van der Waals surface area contributed by atoms with Gasteiger partial charge in [0.15, 0.2) is 9.84 Å². The number of rotatable bonds is 1. The van der Waals surface area contributed by atoms with Crippen LogP contribution in [-0.2, 0) is 9.84 Å². The molecule has 0 bridgehead atoms. The van der Waals surface area contributed by atoms with Crippen LogP contribution in [0.4, 0.5) is 0 Å². The highest BCUT2D eigenvalue weighted by Crippen LogP contribution is 2.31. The summed E-state index contributed by atoms with van der Waals surface area (Å²) in [6.45, 7) is 2.87. The highest BCUT2D eigenvalue weighted by atomic mass is 32.2. The Morgan fingerprint density at radius 2 is 1.93 bits per heavy atom. The van der Waals surface area contributed by atoms with Gasteiger partial charge in [-0.2, -0.15) is 0 Å². The van der Waals surface area contributed by atoms with Crippen molar-refractivity contribution in [3.05, 3.63) is 0 Å². The van der Waals surface area contributed by atoms with E-state index in [4.69, 9.17) is 0 Å². The quantitative estimate of drug-likeness (QED) is 0.707. The summed E-state index contributed by atoms with van der Waals surface area (Å²) in [5, 5.41) is 3.41. The SMILES string of the molecule is CC1CNC(C2CCC2)CS(=O)(=O)C1. The van der Waals surface area contributed by atoms with Crippen LogP contribution in [0.25, 0.3) is 0 Å². The molecule has 0 aromatic rings. The van der Waals surface area contributed by atoms with Gasteiger partial charge >= 0.3 is 0 Å². The second-order valence-electron chi connectivity index (χ2n) is 4.89. The summed E-state index contributed by atoms with van der Waals surface area (Å²) in [4.78, 5) is 0. The molecule has 0 aromatic heterocycles. The maximum Gasteiger partial charge on any atom is 0.152 e. The molecule has 2 atom stereocenters. The van der Waals surface area contributed by atoms with E-state index in [2.05, 4.69) is 5.32 Å². The summed E-state index contributed by atoms with van der Waals surface area (Å²) in [5.41, 5.74) is 0. The standard InChI is InChI=1S/C10H19NO2S/c1-8-5-11-10(9-3-2-4-9)7-14(12,13)6-8/h8-11H,2-7H2,1H3. The molecule has 1 aliphatic carbocycles. The number of sulfone groups is 1. The first kappa shape index (κ1) is 10.4. The van der Waals surface area contributed by atoms with Gasteiger partial charge in [0.05, 0.1) is 11.5 Å². The van der Waals surface area contributed by atoms with Crippen LogP contribution in [0.15, 0.2) is 0 Å². The normalized spacial score (nSPS) is 38.6. The highest BCUT2D eigenvalue weighted by Gasteiger charge is 2.33. The first-order valence-electron chi connectivity index (χ1n) is 5.50. The number of hydrogen-bond acceptors (Lipinski definition) is 3. The minimum Gasteiger partial charge on any atom is -0.312 e. The average Bonchev–Trinajstić information content (AvgIpc) is 2.05. The average molecular weight is 217 g/mol. The van der Waals surface area contributed by atoms with E-state index in [1.54, 1.807) is 0 Å². The summed E-state index contributed by atoms with van der Waals surface area (Å²) < 4.78 is 23.4. The predicted molar refractivity (Wildman–Crippen MR) is 56.9 cm³/mol. The van der Waals surface area contributed by atoms with Crippen LogP contribution in [-0.4, -0.2) is 32.5 Å². The van der Waals surface area contributed by atoms with Crippen molar-refractivity contribution in [2.45, 2.75) is 32.2 Å². The van der Waals surface area contributed by atoms with Crippen LogP contribution in [0.3, 0.4) is 0 Å². The molecule has 1 aliphatic heterocycles. The molecule has 2 fully saturated rings. The third-order valence-electron chi connectivity index (χ3n) is 3.42. The van der Waals surface area contributed by atoms with Crippen molar-refractivity contribution in [2.75, 3.05) is 18.1 Å². The molecule has 14 heavy (non-hydrogen) atoms. The zero-order valence-electron chi connectivity index (χ0n) is 8.70. The highest BCUT2D eigenvalue weighted by molar-refractivity contribution is 7.91. The molecule has 3 nitrogen and oxygen atoms in total. The van der Waals surface area contributed by atoms with Gasteiger partial charge in [-0.05, 0) is 31.2 Å². The van der Waals surface area contributed by atoms with Crippen molar-refractivity contribution in [2.24, 2.45) is 11.8 Å². The van der Waals surface area contributed by atoms with E-state index >= 15 is 0 Å². The van der Waals surface area contributed by atoms with E-state index in [1.807, 2.05) is 6.92 Å². The molecule has 82 valence electrons. The van der Waals surface area contributed by atoms with Gasteiger partial charge in [-0.25, -0.2) is 8.42 Å². The molecule has 1 N–H and O–H groups in total. The van der Waals surface area contributed by atoms with Gasteiger partial charge < -0.3 is 5.32 Å². The fraction of sp³-hybridized carbons (Fsp3) is 1.00. The zero-order chi connectivity index (χ0) is 10.2. The molecule has 1 saturated heterocycles. The Kier molecular flexibility index (Phi) is 2.84. The van der Waals surface area contributed by atoms with E-state index in [1.165, 1.54) is 19.3 Å². The van der Waals surface area contributed by atoms with E-state index < -0.39 is 9.84 Å². The Labute approximate surface area is 86.2 Å². The van der Waals surface area contributed by atoms with E-state index in [0.29, 0.717) is 17.4 Å². The zero-order valence-corrected chi connectivity index (χ0v) is 9.52. The smallest absolute Gasteiger partial charge is 0.152 e. The number of nitrogens with one attached hydrogen (secondary N) is 1. The molecule has 1 saturated carbocycles. The Balaban J connectivity index is 2.05. The fourth-order valence-corrected chi connectivity index (χ4v) is 4.45. The molecular weight excluding hydrogens is 198 g/mol. The van der Waals surface area contributed by atoms with Crippen LogP contribution >= 0.6 is 0 Å². The molecule has 2 aliphatic rings. The maximum atomic E-state index is 11.7. The third kappa shape index (κ3) is 2.28. The van der Waals surface area contributed by atoms with Gasteiger partial charge in [-0.1, -0.05) is 13.3 Å². The van der Waals surface area contributed by atoms with E-state index in [-0.39, 0.29) is 12.0 Å². The minimum absolute atomic E-state index is 0.235. The lowest BCUT2D eigenvalue weighted by atomic mass is 9.80. The third-order valence-corrected chi connectivity index (χ3v) is 5.36. The van der Waals surface area contributed by atoms with E-state index in [9.17, 15) is 8.42 Å². The molecule has 0 radical (unpaired) electrons. The maximum absolute atomic E-state index is 11.7. The lowest BCUT2D eigenvalue weighted by Gasteiger charge is -2.33. The molecule has 0 aromatic carbocycles. The Morgan fingerprint density at radius 1 is 1.21 bits per heavy atom. The number of hydrogen-bond donors (Lipinski definition) is 1.